The van der Waals surface area contributed by atoms with Gasteiger partial charge < -0.3 is 9.47 Å². The van der Waals surface area contributed by atoms with E-state index < -0.39 is 7.92 Å². The van der Waals surface area contributed by atoms with Crippen molar-refractivity contribution in [3.63, 3.8) is 0 Å². The normalized spacial score (nSPS) is 24.0. The average Bonchev–Trinajstić information content (AvgIpc) is 3.16. The van der Waals surface area contributed by atoms with Gasteiger partial charge in [-0.3, -0.25) is 0 Å². The molecule has 3 heteroatoms. The zero-order chi connectivity index (χ0) is 19.7. The van der Waals surface area contributed by atoms with Crippen molar-refractivity contribution in [3.8, 4) is 0 Å². The summed E-state index contributed by atoms with van der Waals surface area (Å²) in [6.45, 7) is 10.2. The van der Waals surface area contributed by atoms with Gasteiger partial charge in [0.1, 0.15) is 0 Å². The number of hydrogen-bond acceptors (Lipinski definition) is 2. The Bertz CT molecular complexity index is 895. The Hall–Kier alpha value is -1.73. The number of allylic oxidation sites excluding steroid dienone is 2. The van der Waals surface area contributed by atoms with Gasteiger partial charge in [-0.15, -0.1) is 0 Å². The molecule has 2 aliphatic heterocycles. The summed E-state index contributed by atoms with van der Waals surface area (Å²) < 4.78 is 12.3. The van der Waals surface area contributed by atoms with E-state index in [2.05, 4.69) is 88.4 Å². The Balaban J connectivity index is 1.91. The van der Waals surface area contributed by atoms with E-state index in [1.807, 2.05) is 0 Å². The van der Waals surface area contributed by atoms with Crippen LogP contribution in [0.2, 0.25) is 0 Å². The second-order valence-electron chi connectivity index (χ2n) is 7.63. The highest BCUT2D eigenvalue weighted by molar-refractivity contribution is 7.73. The van der Waals surface area contributed by atoms with E-state index in [0.29, 0.717) is 13.2 Å². The van der Waals surface area contributed by atoms with Crippen molar-refractivity contribution in [1.82, 2.24) is 0 Å². The van der Waals surface area contributed by atoms with E-state index in [1.165, 1.54) is 32.9 Å². The maximum absolute atomic E-state index is 6.15. The van der Waals surface area contributed by atoms with Crippen LogP contribution in [-0.4, -0.2) is 25.7 Å². The summed E-state index contributed by atoms with van der Waals surface area (Å²) in [5, 5.41) is 2.91. The Morgan fingerprint density at radius 3 is 1.96 bits per heavy atom. The van der Waals surface area contributed by atoms with Crippen LogP contribution in [0, 0.1) is 5.41 Å². The Morgan fingerprint density at radius 1 is 0.893 bits per heavy atom. The van der Waals surface area contributed by atoms with Crippen LogP contribution in [0.3, 0.4) is 0 Å². The van der Waals surface area contributed by atoms with E-state index in [9.17, 15) is 0 Å². The molecule has 2 heterocycles. The summed E-state index contributed by atoms with van der Waals surface area (Å²) in [6, 6.07) is 21.7. The molecule has 2 aliphatic rings. The van der Waals surface area contributed by atoms with Gasteiger partial charge in [-0.05, 0) is 56.9 Å². The second kappa shape index (κ2) is 7.95. The summed E-state index contributed by atoms with van der Waals surface area (Å²) in [7, 11) is -0.476. The number of rotatable bonds is 7. The molecule has 0 radical (unpaired) electrons. The van der Waals surface area contributed by atoms with Crippen LogP contribution in [0.1, 0.15) is 38.8 Å². The van der Waals surface area contributed by atoms with E-state index in [-0.39, 0.29) is 11.7 Å². The smallest absolute Gasteiger partial charge is 0.184 e. The Morgan fingerprint density at radius 2 is 1.43 bits per heavy atom. The minimum absolute atomic E-state index is 0.0417. The van der Waals surface area contributed by atoms with Gasteiger partial charge in [-0.1, -0.05) is 73.2 Å². The molecule has 2 atom stereocenters. The molecular weight excluding hydrogens is 363 g/mol. The first kappa shape index (κ1) is 19.6. The molecule has 0 spiro atoms. The Kier molecular flexibility index (Phi) is 5.56. The highest BCUT2D eigenvalue weighted by Crippen LogP contribution is 2.78. The lowest BCUT2D eigenvalue weighted by molar-refractivity contribution is -0.106. The molecule has 2 nitrogen and oxygen atoms in total. The topological polar surface area (TPSA) is 18.5 Å². The number of fused-ring (bicyclic) bond motifs is 2. The van der Waals surface area contributed by atoms with Crippen molar-refractivity contribution >= 4 is 18.8 Å². The van der Waals surface area contributed by atoms with Gasteiger partial charge in [-0.25, -0.2) is 0 Å². The lowest BCUT2D eigenvalue weighted by Crippen LogP contribution is -2.24. The fourth-order valence-electron chi connectivity index (χ4n) is 4.66. The van der Waals surface area contributed by atoms with Crippen LogP contribution in [0.5, 0.6) is 0 Å². The van der Waals surface area contributed by atoms with Gasteiger partial charge in [0.05, 0.1) is 0 Å². The minimum atomic E-state index is -0.476. The molecule has 146 valence electrons. The second-order valence-corrected chi connectivity index (χ2v) is 9.73. The summed E-state index contributed by atoms with van der Waals surface area (Å²) >= 11 is 0. The zero-order valence-corrected chi connectivity index (χ0v) is 18.1. The fraction of sp³-hybridized carbons (Fsp3) is 0.360. The molecule has 2 aromatic rings. The number of benzene rings is 2. The van der Waals surface area contributed by atoms with Crippen molar-refractivity contribution in [2.45, 2.75) is 34.0 Å². The third-order valence-electron chi connectivity index (χ3n) is 5.99. The molecular formula is C25H29O2P. The lowest BCUT2D eigenvalue weighted by Gasteiger charge is -2.33. The van der Waals surface area contributed by atoms with E-state index >= 15 is 0 Å². The van der Waals surface area contributed by atoms with Gasteiger partial charge in [0.2, 0.25) is 0 Å². The zero-order valence-electron chi connectivity index (χ0n) is 17.2. The van der Waals surface area contributed by atoms with Crippen LogP contribution >= 0.6 is 7.92 Å². The summed E-state index contributed by atoms with van der Waals surface area (Å²) in [5.41, 5.74) is 5.65. The van der Waals surface area contributed by atoms with Crippen molar-refractivity contribution in [3.05, 3.63) is 82.7 Å². The van der Waals surface area contributed by atoms with E-state index in [4.69, 9.17) is 9.47 Å². The lowest BCUT2D eigenvalue weighted by atomic mass is 9.74. The quantitative estimate of drug-likeness (QED) is 0.383. The maximum atomic E-state index is 6.15. The molecule has 0 aromatic heterocycles. The predicted molar refractivity (Wildman–Crippen MR) is 119 cm³/mol. The summed E-state index contributed by atoms with van der Waals surface area (Å²) in [5.74, 6) is 0. The number of ether oxygens (including phenoxy) is 2. The van der Waals surface area contributed by atoms with E-state index in [0.717, 1.165) is 6.16 Å². The van der Waals surface area contributed by atoms with Crippen LogP contribution in [-0.2, 0) is 9.47 Å². The Labute approximate surface area is 170 Å². The van der Waals surface area contributed by atoms with Crippen molar-refractivity contribution in [1.29, 1.82) is 0 Å². The van der Waals surface area contributed by atoms with Gasteiger partial charge in [0, 0.05) is 23.9 Å². The van der Waals surface area contributed by atoms with Crippen LogP contribution in [0.4, 0.5) is 0 Å². The van der Waals surface area contributed by atoms with Crippen molar-refractivity contribution in [2.75, 3.05) is 19.4 Å². The molecule has 2 bridgehead atoms. The molecule has 0 N–H and O–H groups in total. The van der Waals surface area contributed by atoms with Crippen molar-refractivity contribution in [2.24, 2.45) is 5.41 Å². The van der Waals surface area contributed by atoms with Crippen LogP contribution < -0.4 is 0 Å². The molecule has 2 aromatic carbocycles. The van der Waals surface area contributed by atoms with Gasteiger partial charge in [0.15, 0.2) is 6.29 Å². The maximum Gasteiger partial charge on any atom is 0.184 e. The molecule has 0 aliphatic carbocycles. The largest absolute Gasteiger partial charge is 0.349 e. The first-order chi connectivity index (χ1) is 13.6. The van der Waals surface area contributed by atoms with E-state index in [1.54, 1.807) is 0 Å². The summed E-state index contributed by atoms with van der Waals surface area (Å²) in [6.07, 6.45) is 0.902. The molecule has 0 fully saturated rings. The highest BCUT2D eigenvalue weighted by Gasteiger charge is 2.53. The standard InChI is InChI=1S/C25H29O2P/c1-5-26-24(27-6-2)23-21(19-13-9-7-10-14-19)25(4)17-28(23)22(18(25)3)20-15-11-8-12-16-20/h7-16,24H,5-6,17H2,1-4H3. The average molecular weight is 392 g/mol. The first-order valence-electron chi connectivity index (χ1n) is 10.2. The monoisotopic (exact) mass is 392 g/mol. The van der Waals surface area contributed by atoms with Gasteiger partial charge >= 0.3 is 0 Å². The SMILES string of the molecule is CCOC(OCC)C1=C(c2ccccc2)C2(C)CP1C(c1ccccc1)=C2C. The third kappa shape index (κ3) is 3.08. The van der Waals surface area contributed by atoms with Gasteiger partial charge in [0.25, 0.3) is 0 Å². The van der Waals surface area contributed by atoms with Crippen LogP contribution in [0.15, 0.2) is 71.6 Å². The molecule has 0 saturated heterocycles. The van der Waals surface area contributed by atoms with Crippen LogP contribution in [0.25, 0.3) is 10.9 Å². The first-order valence-corrected chi connectivity index (χ1v) is 11.7. The minimum Gasteiger partial charge on any atom is -0.349 e. The predicted octanol–water partition coefficient (Wildman–Crippen LogP) is 6.74. The molecule has 28 heavy (non-hydrogen) atoms. The highest BCUT2D eigenvalue weighted by atomic mass is 31.1. The number of hydrogen-bond donors (Lipinski definition) is 0. The van der Waals surface area contributed by atoms with Crippen molar-refractivity contribution < 1.29 is 9.47 Å². The molecule has 2 unspecified atom stereocenters. The third-order valence-corrected chi connectivity index (χ3v) is 9.09. The molecule has 4 rings (SSSR count). The van der Waals surface area contributed by atoms with Gasteiger partial charge in [-0.2, -0.15) is 0 Å². The molecule has 0 saturated carbocycles. The molecule has 0 amide bonds. The summed E-state index contributed by atoms with van der Waals surface area (Å²) in [4.78, 5) is 0. The fourth-order valence-corrected chi connectivity index (χ4v) is 8.42.